The Labute approximate surface area is 170 Å². The van der Waals surface area contributed by atoms with Gasteiger partial charge in [0.15, 0.2) is 5.69 Å². The van der Waals surface area contributed by atoms with E-state index in [9.17, 15) is 9.59 Å². The van der Waals surface area contributed by atoms with Gasteiger partial charge in [0.2, 0.25) is 0 Å². The Kier molecular flexibility index (Phi) is 4.46. The van der Waals surface area contributed by atoms with Gasteiger partial charge in [-0.15, -0.1) is 0 Å². The second-order valence-electron chi connectivity index (χ2n) is 8.73. The first-order valence-corrected chi connectivity index (χ1v) is 10.6. The van der Waals surface area contributed by atoms with Gasteiger partial charge in [0.25, 0.3) is 5.91 Å². The van der Waals surface area contributed by atoms with Crippen LogP contribution in [0.2, 0.25) is 0 Å². The number of carbonyl (C=O) groups is 2. The standard InChI is InChI=1S/C21H28N6O2/c1-25-11-16-7-6-15(25)12-26(16)20(28)19-17-10-14(8-9-18(17)23-24-19)27(21(22)29)13-4-2-3-5-13/h8-10,13,15-16H,2-7,11-12H2,1H3,(H2,22,29)(H,23,24). The third kappa shape index (κ3) is 3.06. The fraction of sp³-hybridized carbons (Fsp3) is 0.571. The number of nitrogens with zero attached hydrogens (tertiary/aromatic N) is 4. The topological polar surface area (TPSA) is 98.6 Å². The van der Waals surface area contributed by atoms with E-state index in [1.165, 1.54) is 0 Å². The smallest absolute Gasteiger partial charge is 0.319 e. The van der Waals surface area contributed by atoms with Crippen molar-refractivity contribution in [2.45, 2.75) is 56.7 Å². The predicted molar refractivity (Wildman–Crippen MR) is 111 cm³/mol. The quantitative estimate of drug-likeness (QED) is 0.832. The fourth-order valence-electron chi connectivity index (χ4n) is 5.42. The number of rotatable bonds is 3. The molecule has 154 valence electrons. The maximum atomic E-state index is 13.4. The van der Waals surface area contributed by atoms with Gasteiger partial charge in [0, 0.05) is 42.3 Å². The Bertz CT molecular complexity index is 950. The number of nitrogens with one attached hydrogen (secondary N) is 1. The Morgan fingerprint density at radius 1 is 1.14 bits per heavy atom. The number of piperidine rings is 2. The average molecular weight is 396 g/mol. The highest BCUT2D eigenvalue weighted by Gasteiger charge is 2.40. The first-order chi connectivity index (χ1) is 14.0. The first-order valence-electron chi connectivity index (χ1n) is 10.6. The summed E-state index contributed by atoms with van der Waals surface area (Å²) in [5.41, 5.74) is 7.70. The summed E-state index contributed by atoms with van der Waals surface area (Å²) in [6, 6.07) is 6.02. The molecule has 4 heterocycles. The number of nitrogens with two attached hydrogens (primary N) is 1. The molecular weight excluding hydrogens is 368 g/mol. The lowest BCUT2D eigenvalue weighted by molar-refractivity contribution is -0.000328. The Morgan fingerprint density at radius 2 is 1.90 bits per heavy atom. The van der Waals surface area contributed by atoms with Gasteiger partial charge in [-0.1, -0.05) is 12.8 Å². The molecule has 6 rings (SSSR count). The van der Waals surface area contributed by atoms with E-state index in [0.29, 0.717) is 11.7 Å². The minimum absolute atomic E-state index is 0.0253. The van der Waals surface area contributed by atoms with Gasteiger partial charge in [0.05, 0.1) is 5.52 Å². The third-order valence-corrected chi connectivity index (χ3v) is 7.02. The Morgan fingerprint density at radius 3 is 2.55 bits per heavy atom. The Balaban J connectivity index is 1.48. The summed E-state index contributed by atoms with van der Waals surface area (Å²) in [5, 5.41) is 8.09. The van der Waals surface area contributed by atoms with E-state index in [-0.39, 0.29) is 18.0 Å². The molecule has 3 amide bonds. The van der Waals surface area contributed by atoms with Crippen molar-refractivity contribution in [1.29, 1.82) is 0 Å². The highest BCUT2D eigenvalue weighted by molar-refractivity contribution is 6.06. The van der Waals surface area contributed by atoms with E-state index in [1.54, 1.807) is 4.90 Å². The zero-order valence-corrected chi connectivity index (χ0v) is 16.8. The van der Waals surface area contributed by atoms with Gasteiger partial charge in [0.1, 0.15) is 0 Å². The van der Waals surface area contributed by atoms with Gasteiger partial charge < -0.3 is 10.6 Å². The molecule has 3 aliphatic heterocycles. The van der Waals surface area contributed by atoms with Crippen LogP contribution < -0.4 is 10.6 Å². The second-order valence-corrected chi connectivity index (χ2v) is 8.73. The summed E-state index contributed by atoms with van der Waals surface area (Å²) < 4.78 is 0. The van der Waals surface area contributed by atoms with Crippen LogP contribution in [0.1, 0.15) is 49.0 Å². The number of hydrogen-bond donors (Lipinski definition) is 2. The van der Waals surface area contributed by atoms with Gasteiger partial charge in [-0.05, 0) is 50.9 Å². The highest BCUT2D eigenvalue weighted by Crippen LogP contribution is 2.33. The first kappa shape index (κ1) is 18.4. The largest absolute Gasteiger partial charge is 0.351 e. The maximum Gasteiger partial charge on any atom is 0.319 e. The maximum absolute atomic E-state index is 13.4. The zero-order valence-electron chi connectivity index (χ0n) is 16.8. The second kappa shape index (κ2) is 7.02. The zero-order chi connectivity index (χ0) is 20.1. The molecule has 1 aromatic carbocycles. The number of fused-ring (bicyclic) bond motifs is 4. The number of anilines is 1. The number of piperazine rings is 1. The molecule has 8 heteroatoms. The predicted octanol–water partition coefficient (Wildman–Crippen LogP) is 2.31. The average Bonchev–Trinajstić information content (AvgIpc) is 3.37. The molecule has 1 saturated carbocycles. The lowest BCUT2D eigenvalue weighted by Gasteiger charge is -2.50. The van der Waals surface area contributed by atoms with Crippen LogP contribution in [0.5, 0.6) is 0 Å². The number of amides is 3. The van der Waals surface area contributed by atoms with Crippen molar-refractivity contribution in [3.8, 4) is 0 Å². The van der Waals surface area contributed by atoms with Crippen LogP contribution in [0, 0.1) is 0 Å². The minimum atomic E-state index is -0.441. The van der Waals surface area contributed by atoms with Crippen LogP contribution in [-0.4, -0.2) is 70.2 Å². The van der Waals surface area contributed by atoms with E-state index in [2.05, 4.69) is 22.1 Å². The van der Waals surface area contributed by atoms with Crippen LogP contribution in [0.25, 0.3) is 10.9 Å². The molecule has 2 unspecified atom stereocenters. The summed E-state index contributed by atoms with van der Waals surface area (Å²) in [7, 11) is 2.14. The number of carbonyl (C=O) groups excluding carboxylic acids is 2. The van der Waals surface area contributed by atoms with Crippen LogP contribution >= 0.6 is 0 Å². The van der Waals surface area contributed by atoms with Crippen molar-refractivity contribution in [1.82, 2.24) is 20.0 Å². The van der Waals surface area contributed by atoms with Crippen molar-refractivity contribution in [3.63, 3.8) is 0 Å². The molecule has 2 aromatic rings. The van der Waals surface area contributed by atoms with Gasteiger partial charge >= 0.3 is 6.03 Å². The summed E-state index contributed by atoms with van der Waals surface area (Å²) in [6.45, 7) is 1.67. The number of likely N-dealkylation sites (N-methyl/N-ethyl adjacent to an activating group) is 1. The number of benzene rings is 1. The van der Waals surface area contributed by atoms with Crippen molar-refractivity contribution in [2.75, 3.05) is 25.0 Å². The summed E-state index contributed by atoms with van der Waals surface area (Å²) in [6.07, 6.45) is 6.33. The van der Waals surface area contributed by atoms with Gasteiger partial charge in [-0.3, -0.25) is 19.7 Å². The molecule has 29 heavy (non-hydrogen) atoms. The lowest BCUT2D eigenvalue weighted by Crippen LogP contribution is -2.62. The molecule has 2 bridgehead atoms. The number of H-pyrrole nitrogens is 1. The van der Waals surface area contributed by atoms with Crippen molar-refractivity contribution >= 4 is 28.5 Å². The van der Waals surface area contributed by atoms with E-state index < -0.39 is 6.03 Å². The van der Waals surface area contributed by atoms with Crippen LogP contribution in [-0.2, 0) is 0 Å². The number of aromatic nitrogens is 2. The fourth-order valence-corrected chi connectivity index (χ4v) is 5.42. The van der Waals surface area contributed by atoms with Crippen molar-refractivity contribution < 1.29 is 9.59 Å². The SMILES string of the molecule is CN1CC2CCC1CN2C(=O)c1n[nH]c2ccc(N(C(N)=O)C3CCCC3)cc12. The molecule has 2 atom stereocenters. The molecule has 1 aliphatic carbocycles. The van der Waals surface area contributed by atoms with E-state index in [1.807, 2.05) is 23.1 Å². The van der Waals surface area contributed by atoms with Crippen molar-refractivity contribution in [3.05, 3.63) is 23.9 Å². The third-order valence-electron chi connectivity index (χ3n) is 7.02. The molecule has 0 radical (unpaired) electrons. The molecule has 0 spiro atoms. The summed E-state index contributed by atoms with van der Waals surface area (Å²) in [4.78, 5) is 31.6. The lowest BCUT2D eigenvalue weighted by atomic mass is 9.91. The molecule has 4 fully saturated rings. The monoisotopic (exact) mass is 396 g/mol. The highest BCUT2D eigenvalue weighted by atomic mass is 16.2. The molecule has 4 aliphatic rings. The molecule has 1 aromatic heterocycles. The summed E-state index contributed by atoms with van der Waals surface area (Å²) >= 11 is 0. The molecule has 3 saturated heterocycles. The normalized spacial score (nSPS) is 25.1. The number of hydrogen-bond acceptors (Lipinski definition) is 4. The van der Waals surface area contributed by atoms with Crippen molar-refractivity contribution in [2.24, 2.45) is 5.73 Å². The van der Waals surface area contributed by atoms with Gasteiger partial charge in [-0.2, -0.15) is 5.10 Å². The minimum Gasteiger partial charge on any atom is -0.351 e. The molecule has 8 nitrogen and oxygen atoms in total. The Hall–Kier alpha value is -2.61. The number of urea groups is 1. The van der Waals surface area contributed by atoms with E-state index in [4.69, 9.17) is 5.73 Å². The number of aromatic amines is 1. The van der Waals surface area contributed by atoms with Crippen LogP contribution in [0.4, 0.5) is 10.5 Å². The van der Waals surface area contributed by atoms with Crippen LogP contribution in [0.3, 0.4) is 0 Å². The number of primary amides is 1. The summed E-state index contributed by atoms with van der Waals surface area (Å²) in [5.74, 6) is -0.0253. The molecular formula is C21H28N6O2. The van der Waals surface area contributed by atoms with Crippen LogP contribution in [0.15, 0.2) is 18.2 Å². The molecule has 3 N–H and O–H groups in total. The van der Waals surface area contributed by atoms with Gasteiger partial charge in [-0.25, -0.2) is 4.79 Å². The van der Waals surface area contributed by atoms with E-state index in [0.717, 1.165) is 68.2 Å². The van der Waals surface area contributed by atoms with E-state index >= 15 is 0 Å².